The summed E-state index contributed by atoms with van der Waals surface area (Å²) in [5.74, 6) is 0.325. The van der Waals surface area contributed by atoms with E-state index in [2.05, 4.69) is 4.90 Å². The second kappa shape index (κ2) is 6.00. The Morgan fingerprint density at radius 1 is 1.25 bits per heavy atom. The zero-order chi connectivity index (χ0) is 14.0. The van der Waals surface area contributed by atoms with E-state index in [1.807, 2.05) is 11.9 Å². The molecular formula is C15H26N2O3. The maximum Gasteiger partial charge on any atom is 0.222 e. The lowest BCUT2D eigenvalue weighted by Crippen LogP contribution is -2.52. The number of carbonyl (C=O) groups is 1. The average Bonchev–Trinajstić information content (AvgIpc) is 2.77. The van der Waals surface area contributed by atoms with Gasteiger partial charge in [-0.1, -0.05) is 0 Å². The Labute approximate surface area is 121 Å². The highest BCUT2D eigenvalue weighted by atomic mass is 16.6. The lowest BCUT2D eigenvalue weighted by molar-refractivity contribution is -0.130. The van der Waals surface area contributed by atoms with Gasteiger partial charge in [0.2, 0.25) is 5.91 Å². The lowest BCUT2D eigenvalue weighted by atomic mass is 9.85. The molecule has 0 aliphatic carbocycles. The second-order valence-electron chi connectivity index (χ2n) is 6.38. The number of nitrogens with zero attached hydrogens (tertiary/aromatic N) is 2. The van der Waals surface area contributed by atoms with Gasteiger partial charge in [0.1, 0.15) is 0 Å². The number of hydrogen-bond donors (Lipinski definition) is 0. The minimum absolute atomic E-state index is 0.165. The van der Waals surface area contributed by atoms with Crippen molar-refractivity contribution in [2.75, 3.05) is 46.5 Å². The molecule has 0 bridgehead atoms. The summed E-state index contributed by atoms with van der Waals surface area (Å²) in [5, 5.41) is 0. The molecule has 1 atom stereocenters. The van der Waals surface area contributed by atoms with Crippen LogP contribution in [0.2, 0.25) is 0 Å². The Morgan fingerprint density at radius 3 is 2.65 bits per heavy atom. The fourth-order valence-electron chi connectivity index (χ4n) is 3.75. The van der Waals surface area contributed by atoms with Crippen LogP contribution in [0, 0.1) is 0 Å². The summed E-state index contributed by atoms with van der Waals surface area (Å²) in [6.45, 7) is 5.51. The molecule has 3 fully saturated rings. The van der Waals surface area contributed by atoms with Crippen molar-refractivity contribution in [1.82, 2.24) is 9.80 Å². The van der Waals surface area contributed by atoms with Gasteiger partial charge in [-0.25, -0.2) is 0 Å². The van der Waals surface area contributed by atoms with Gasteiger partial charge >= 0.3 is 0 Å². The number of piperidine rings is 1. The number of carbonyl (C=O) groups excluding carboxylic acids is 1. The molecule has 3 saturated heterocycles. The number of hydrogen-bond acceptors (Lipinski definition) is 4. The maximum absolute atomic E-state index is 11.7. The number of amides is 1. The normalized spacial score (nSPS) is 31.1. The molecule has 3 aliphatic heterocycles. The predicted octanol–water partition coefficient (Wildman–Crippen LogP) is 0.879. The topological polar surface area (TPSA) is 42.0 Å². The number of likely N-dealkylation sites (tertiary alicyclic amines) is 2. The van der Waals surface area contributed by atoms with E-state index in [9.17, 15) is 4.79 Å². The molecule has 3 aliphatic rings. The zero-order valence-corrected chi connectivity index (χ0v) is 12.5. The van der Waals surface area contributed by atoms with Crippen LogP contribution in [0.4, 0.5) is 0 Å². The quantitative estimate of drug-likeness (QED) is 0.770. The van der Waals surface area contributed by atoms with Gasteiger partial charge in [-0.05, 0) is 25.7 Å². The summed E-state index contributed by atoms with van der Waals surface area (Å²) < 4.78 is 11.1. The van der Waals surface area contributed by atoms with E-state index in [-0.39, 0.29) is 11.6 Å². The minimum atomic E-state index is 0.165. The van der Waals surface area contributed by atoms with Crippen molar-refractivity contribution in [1.29, 1.82) is 0 Å². The summed E-state index contributed by atoms with van der Waals surface area (Å²) >= 11 is 0. The Kier molecular flexibility index (Phi) is 4.29. The summed E-state index contributed by atoms with van der Waals surface area (Å²) in [6, 6.07) is 0. The molecule has 0 aromatic heterocycles. The molecule has 3 rings (SSSR count). The van der Waals surface area contributed by atoms with Crippen LogP contribution >= 0.6 is 0 Å². The Balaban J connectivity index is 1.43. The summed E-state index contributed by atoms with van der Waals surface area (Å²) in [4.78, 5) is 16.3. The van der Waals surface area contributed by atoms with Crippen molar-refractivity contribution < 1.29 is 14.3 Å². The van der Waals surface area contributed by atoms with Gasteiger partial charge in [-0.3, -0.25) is 4.79 Å². The first-order valence-electron chi connectivity index (χ1n) is 7.88. The minimum Gasteiger partial charge on any atom is -0.376 e. The van der Waals surface area contributed by atoms with E-state index >= 15 is 0 Å². The lowest BCUT2D eigenvalue weighted by Gasteiger charge is -2.43. The van der Waals surface area contributed by atoms with E-state index < -0.39 is 0 Å². The van der Waals surface area contributed by atoms with Crippen LogP contribution in [0.25, 0.3) is 0 Å². The number of rotatable bonds is 3. The molecule has 1 spiro atoms. The first kappa shape index (κ1) is 14.3. The van der Waals surface area contributed by atoms with E-state index in [0.717, 1.165) is 71.6 Å². The first-order chi connectivity index (χ1) is 9.70. The summed E-state index contributed by atoms with van der Waals surface area (Å²) in [7, 11) is 1.98. The largest absolute Gasteiger partial charge is 0.376 e. The molecule has 0 aromatic carbocycles. The van der Waals surface area contributed by atoms with Crippen LogP contribution in [0.15, 0.2) is 0 Å². The Bertz CT molecular complexity index is 347. The highest BCUT2D eigenvalue weighted by molar-refractivity contribution is 5.79. The van der Waals surface area contributed by atoms with Crippen LogP contribution in [0.1, 0.15) is 32.1 Å². The van der Waals surface area contributed by atoms with Crippen molar-refractivity contribution in [3.05, 3.63) is 0 Å². The molecule has 5 heteroatoms. The molecule has 5 nitrogen and oxygen atoms in total. The third kappa shape index (κ3) is 2.85. The third-order valence-corrected chi connectivity index (χ3v) is 5.33. The van der Waals surface area contributed by atoms with E-state index in [1.54, 1.807) is 0 Å². The van der Waals surface area contributed by atoms with Crippen molar-refractivity contribution in [2.45, 2.75) is 43.7 Å². The number of ether oxygens (including phenoxy) is 2. The zero-order valence-electron chi connectivity index (χ0n) is 12.5. The highest BCUT2D eigenvalue weighted by Crippen LogP contribution is 2.37. The highest BCUT2D eigenvalue weighted by Gasteiger charge is 2.44. The standard InChI is InChI=1S/C15H26N2O3/c1-16-14(18)2-4-15(16)5-8-17(9-6-15)7-3-13-12-19-10-11-20-13/h13H,2-12H2,1H3. The van der Waals surface area contributed by atoms with Gasteiger partial charge in [-0.2, -0.15) is 0 Å². The molecule has 1 unspecified atom stereocenters. The molecule has 0 radical (unpaired) electrons. The first-order valence-corrected chi connectivity index (χ1v) is 7.88. The maximum atomic E-state index is 11.7. The fraction of sp³-hybridized carbons (Fsp3) is 0.933. The van der Waals surface area contributed by atoms with Crippen LogP contribution < -0.4 is 0 Å². The molecule has 1 amide bonds. The molecule has 114 valence electrons. The predicted molar refractivity (Wildman–Crippen MR) is 75.6 cm³/mol. The Morgan fingerprint density at radius 2 is 2.05 bits per heavy atom. The molecule has 0 saturated carbocycles. The van der Waals surface area contributed by atoms with Gasteiger partial charge in [0.05, 0.1) is 25.9 Å². The summed E-state index contributed by atoms with van der Waals surface area (Å²) in [5.41, 5.74) is 0.165. The van der Waals surface area contributed by atoms with Crippen LogP contribution in [0.5, 0.6) is 0 Å². The summed E-state index contributed by atoms with van der Waals surface area (Å²) in [6.07, 6.45) is 5.37. The van der Waals surface area contributed by atoms with E-state index in [0.29, 0.717) is 5.91 Å². The van der Waals surface area contributed by atoms with Gasteiger partial charge < -0.3 is 19.3 Å². The van der Waals surface area contributed by atoms with Gasteiger partial charge in [0.15, 0.2) is 0 Å². The molecular weight excluding hydrogens is 256 g/mol. The van der Waals surface area contributed by atoms with E-state index in [4.69, 9.17) is 9.47 Å². The van der Waals surface area contributed by atoms with Gasteiger partial charge in [0.25, 0.3) is 0 Å². The Hall–Kier alpha value is -0.650. The molecule has 20 heavy (non-hydrogen) atoms. The monoisotopic (exact) mass is 282 g/mol. The molecule has 0 N–H and O–H groups in total. The van der Waals surface area contributed by atoms with Crippen LogP contribution in [-0.2, 0) is 14.3 Å². The van der Waals surface area contributed by atoms with Gasteiger partial charge in [-0.15, -0.1) is 0 Å². The van der Waals surface area contributed by atoms with Crippen molar-refractivity contribution >= 4 is 5.91 Å². The van der Waals surface area contributed by atoms with E-state index in [1.165, 1.54) is 0 Å². The second-order valence-corrected chi connectivity index (χ2v) is 6.38. The average molecular weight is 282 g/mol. The smallest absolute Gasteiger partial charge is 0.222 e. The molecule has 0 aromatic rings. The van der Waals surface area contributed by atoms with Crippen molar-refractivity contribution in [2.24, 2.45) is 0 Å². The fourth-order valence-corrected chi connectivity index (χ4v) is 3.75. The van der Waals surface area contributed by atoms with Crippen molar-refractivity contribution in [3.63, 3.8) is 0 Å². The third-order valence-electron chi connectivity index (χ3n) is 5.33. The molecule has 3 heterocycles. The van der Waals surface area contributed by atoms with Crippen LogP contribution in [-0.4, -0.2) is 73.9 Å². The van der Waals surface area contributed by atoms with Gasteiger partial charge in [0, 0.05) is 38.6 Å². The van der Waals surface area contributed by atoms with Crippen LogP contribution in [0.3, 0.4) is 0 Å². The van der Waals surface area contributed by atoms with Crippen molar-refractivity contribution in [3.8, 4) is 0 Å². The SMILES string of the molecule is CN1C(=O)CCC12CCN(CCC1COCCO1)CC2.